The Bertz CT molecular complexity index is 437. The highest BCUT2D eigenvalue weighted by atomic mass is 32.1. The highest BCUT2D eigenvalue weighted by Gasteiger charge is 2.12. The Morgan fingerprint density at radius 2 is 1.44 bits per heavy atom. The predicted molar refractivity (Wildman–Crippen MR) is 111 cm³/mol. The molecule has 0 radical (unpaired) electrons. The number of ether oxygens (including phenoxy) is 1. The van der Waals surface area contributed by atoms with E-state index < -0.39 is 0 Å². The maximum absolute atomic E-state index is 11.8. The lowest BCUT2D eigenvalue weighted by molar-refractivity contribution is -0.138. The number of rotatable bonds is 15. The molecule has 0 unspecified atom stereocenters. The molecule has 0 aromatic carbocycles. The van der Waals surface area contributed by atoms with Gasteiger partial charge in [-0.3, -0.25) is 4.79 Å². The molecule has 142 valence electrons. The van der Waals surface area contributed by atoms with E-state index in [2.05, 4.69) is 6.92 Å². The molecule has 1 aliphatic rings. The fourth-order valence-electron chi connectivity index (χ4n) is 3.08. The van der Waals surface area contributed by atoms with Crippen molar-refractivity contribution < 1.29 is 9.53 Å². The monoisotopic (exact) mass is 364 g/mol. The van der Waals surface area contributed by atoms with Gasteiger partial charge < -0.3 is 4.74 Å². The summed E-state index contributed by atoms with van der Waals surface area (Å²) in [5.41, 5.74) is 0. The van der Waals surface area contributed by atoms with Gasteiger partial charge in [-0.05, 0) is 12.5 Å². The Balaban J connectivity index is 1.85. The standard InChI is InChI=1S/C22H36O2S/c1-2-3-4-5-6-7-8-9-10-11-12-13-14-19-22(23)24-20-17-15-16-18-21(20)25/h15-17H,2-14,18-19H2,1H3. The van der Waals surface area contributed by atoms with E-state index in [1.807, 2.05) is 12.2 Å². The van der Waals surface area contributed by atoms with Gasteiger partial charge >= 0.3 is 5.97 Å². The molecule has 3 heteroatoms. The number of hydrogen-bond acceptors (Lipinski definition) is 3. The summed E-state index contributed by atoms with van der Waals surface area (Å²) < 4.78 is 5.34. The van der Waals surface area contributed by atoms with E-state index in [0.29, 0.717) is 18.6 Å². The van der Waals surface area contributed by atoms with Gasteiger partial charge in [-0.2, -0.15) is 0 Å². The molecule has 2 nitrogen and oxygen atoms in total. The largest absolute Gasteiger partial charge is 0.425 e. The second-order valence-electron chi connectivity index (χ2n) is 7.05. The van der Waals surface area contributed by atoms with Crippen LogP contribution in [-0.2, 0) is 9.53 Å². The lowest BCUT2D eigenvalue weighted by Crippen LogP contribution is -2.11. The highest BCUT2D eigenvalue weighted by molar-refractivity contribution is 7.80. The molecule has 0 saturated heterocycles. The molecule has 0 aromatic heterocycles. The van der Waals surface area contributed by atoms with Gasteiger partial charge in [-0.15, -0.1) is 0 Å². The maximum Gasteiger partial charge on any atom is 0.311 e. The molecule has 0 spiro atoms. The van der Waals surface area contributed by atoms with Crippen LogP contribution in [0.15, 0.2) is 24.0 Å². The summed E-state index contributed by atoms with van der Waals surface area (Å²) in [7, 11) is 0. The van der Waals surface area contributed by atoms with Crippen molar-refractivity contribution in [2.75, 3.05) is 0 Å². The molecule has 1 aliphatic carbocycles. The molecule has 25 heavy (non-hydrogen) atoms. The van der Waals surface area contributed by atoms with Crippen LogP contribution in [0.2, 0.25) is 0 Å². The van der Waals surface area contributed by atoms with Crippen molar-refractivity contribution in [2.24, 2.45) is 0 Å². The summed E-state index contributed by atoms with van der Waals surface area (Å²) in [5, 5.41) is 0. The number of thiocarbonyl (C=S) groups is 1. The molecule has 0 aliphatic heterocycles. The van der Waals surface area contributed by atoms with Gasteiger partial charge in [0.05, 0.1) is 4.86 Å². The fraction of sp³-hybridized carbons (Fsp3) is 0.727. The fourth-order valence-corrected chi connectivity index (χ4v) is 3.28. The maximum atomic E-state index is 11.8. The van der Waals surface area contributed by atoms with Gasteiger partial charge in [0.1, 0.15) is 5.76 Å². The van der Waals surface area contributed by atoms with E-state index in [9.17, 15) is 4.79 Å². The first kappa shape index (κ1) is 22.1. The first-order valence-corrected chi connectivity index (χ1v) is 10.8. The first-order valence-electron chi connectivity index (χ1n) is 10.3. The Labute approximate surface area is 160 Å². The van der Waals surface area contributed by atoms with Crippen molar-refractivity contribution in [3.8, 4) is 0 Å². The summed E-state index contributed by atoms with van der Waals surface area (Å²) in [6.07, 6.45) is 23.9. The number of hydrogen-bond donors (Lipinski definition) is 0. The molecule has 0 fully saturated rings. The van der Waals surface area contributed by atoms with Crippen molar-refractivity contribution in [3.63, 3.8) is 0 Å². The third-order valence-electron chi connectivity index (χ3n) is 4.67. The van der Waals surface area contributed by atoms with Crippen LogP contribution in [0.3, 0.4) is 0 Å². The van der Waals surface area contributed by atoms with Crippen LogP contribution in [0.5, 0.6) is 0 Å². The molecule has 0 amide bonds. The van der Waals surface area contributed by atoms with Gasteiger partial charge in [0, 0.05) is 12.8 Å². The van der Waals surface area contributed by atoms with Gasteiger partial charge in [0.15, 0.2) is 0 Å². The predicted octanol–water partition coefficient (Wildman–Crippen LogP) is 7.22. The van der Waals surface area contributed by atoms with Crippen molar-refractivity contribution >= 4 is 23.1 Å². The third-order valence-corrected chi connectivity index (χ3v) is 5.04. The van der Waals surface area contributed by atoms with Gasteiger partial charge in [-0.25, -0.2) is 0 Å². The topological polar surface area (TPSA) is 26.3 Å². The van der Waals surface area contributed by atoms with E-state index in [1.165, 1.54) is 70.6 Å². The zero-order valence-electron chi connectivity index (χ0n) is 16.1. The van der Waals surface area contributed by atoms with Crippen LogP contribution in [-0.4, -0.2) is 10.8 Å². The Morgan fingerprint density at radius 1 is 0.920 bits per heavy atom. The highest BCUT2D eigenvalue weighted by Crippen LogP contribution is 2.15. The van der Waals surface area contributed by atoms with Crippen LogP contribution in [0.1, 0.15) is 103 Å². The molecular formula is C22H36O2S. The van der Waals surface area contributed by atoms with E-state index in [1.54, 1.807) is 6.08 Å². The number of carbonyl (C=O) groups excluding carboxylic acids is 1. The number of carbonyl (C=O) groups is 1. The van der Waals surface area contributed by atoms with E-state index >= 15 is 0 Å². The first-order chi connectivity index (χ1) is 12.2. The Morgan fingerprint density at radius 3 is 1.96 bits per heavy atom. The minimum absolute atomic E-state index is 0.146. The van der Waals surface area contributed by atoms with Crippen LogP contribution in [0.25, 0.3) is 0 Å². The molecule has 0 aromatic rings. The quantitative estimate of drug-likeness (QED) is 0.174. The van der Waals surface area contributed by atoms with Gasteiger partial charge in [0.25, 0.3) is 0 Å². The average molecular weight is 365 g/mol. The van der Waals surface area contributed by atoms with Crippen molar-refractivity contribution in [2.45, 2.75) is 103 Å². The smallest absolute Gasteiger partial charge is 0.311 e. The van der Waals surface area contributed by atoms with E-state index in [0.717, 1.165) is 17.7 Å². The van der Waals surface area contributed by atoms with Crippen molar-refractivity contribution in [1.82, 2.24) is 0 Å². The van der Waals surface area contributed by atoms with Crippen LogP contribution in [0.4, 0.5) is 0 Å². The molecule has 0 N–H and O–H groups in total. The summed E-state index contributed by atoms with van der Waals surface area (Å²) in [4.78, 5) is 12.5. The lowest BCUT2D eigenvalue weighted by atomic mass is 10.0. The van der Waals surface area contributed by atoms with Crippen LogP contribution < -0.4 is 0 Å². The van der Waals surface area contributed by atoms with Crippen LogP contribution >= 0.6 is 12.2 Å². The number of allylic oxidation sites excluding steroid dienone is 4. The second-order valence-corrected chi connectivity index (χ2v) is 7.55. The normalized spacial score (nSPS) is 13.8. The summed E-state index contributed by atoms with van der Waals surface area (Å²) in [6, 6.07) is 0. The van der Waals surface area contributed by atoms with Gasteiger partial charge in [0.2, 0.25) is 0 Å². The molecular weight excluding hydrogens is 328 g/mol. The van der Waals surface area contributed by atoms with E-state index in [4.69, 9.17) is 17.0 Å². The second kappa shape index (κ2) is 15.3. The third kappa shape index (κ3) is 12.1. The minimum Gasteiger partial charge on any atom is -0.425 e. The summed E-state index contributed by atoms with van der Waals surface area (Å²) >= 11 is 5.19. The zero-order chi connectivity index (χ0) is 18.2. The molecule has 0 saturated carbocycles. The molecule has 0 atom stereocenters. The summed E-state index contributed by atoms with van der Waals surface area (Å²) in [6.45, 7) is 2.27. The molecule has 0 heterocycles. The van der Waals surface area contributed by atoms with Crippen molar-refractivity contribution in [1.29, 1.82) is 0 Å². The number of unbranched alkanes of at least 4 members (excludes halogenated alkanes) is 12. The SMILES string of the molecule is CCCCCCCCCCCCCCCC(=O)OC1=CC=CCC1=S. The minimum atomic E-state index is -0.146. The van der Waals surface area contributed by atoms with Gasteiger partial charge in [-0.1, -0.05) is 108 Å². The molecule has 0 bridgehead atoms. The lowest BCUT2D eigenvalue weighted by Gasteiger charge is -2.10. The van der Waals surface area contributed by atoms with Crippen molar-refractivity contribution in [3.05, 3.63) is 24.0 Å². The average Bonchev–Trinajstić information content (AvgIpc) is 2.61. The Kier molecular flexibility index (Phi) is 13.5. The Hall–Kier alpha value is -0.960. The zero-order valence-corrected chi connectivity index (χ0v) is 16.9. The van der Waals surface area contributed by atoms with Crippen LogP contribution in [0, 0.1) is 0 Å². The van der Waals surface area contributed by atoms with E-state index in [-0.39, 0.29) is 5.97 Å². The molecule has 1 rings (SSSR count). The summed E-state index contributed by atoms with van der Waals surface area (Å²) in [5.74, 6) is 0.421. The number of esters is 1.